The van der Waals surface area contributed by atoms with Crippen LogP contribution in [0.2, 0.25) is 0 Å². The Morgan fingerprint density at radius 3 is 2.35 bits per heavy atom. The Kier molecular flexibility index (Phi) is 5.41. The van der Waals surface area contributed by atoms with Crippen LogP contribution in [0.15, 0.2) is 23.3 Å². The second kappa shape index (κ2) is 6.36. The lowest BCUT2D eigenvalue weighted by Gasteiger charge is -2.26. The third-order valence-corrected chi connectivity index (χ3v) is 3.63. The first-order chi connectivity index (χ1) is 7.90. The summed E-state index contributed by atoms with van der Waals surface area (Å²) in [5.41, 5.74) is 2.30. The molecular formula is C15H26O2. The van der Waals surface area contributed by atoms with Crippen LogP contribution in [-0.2, 0) is 0 Å². The third-order valence-electron chi connectivity index (χ3n) is 3.63. The van der Waals surface area contributed by atoms with Crippen LogP contribution in [-0.4, -0.2) is 22.4 Å². The van der Waals surface area contributed by atoms with Crippen molar-refractivity contribution in [2.24, 2.45) is 11.8 Å². The van der Waals surface area contributed by atoms with Crippen LogP contribution in [0.4, 0.5) is 0 Å². The zero-order chi connectivity index (χ0) is 13.0. The van der Waals surface area contributed by atoms with Crippen LogP contribution in [0.3, 0.4) is 0 Å². The topological polar surface area (TPSA) is 40.5 Å². The molecule has 0 bridgehead atoms. The molecule has 0 saturated heterocycles. The van der Waals surface area contributed by atoms with Crippen LogP contribution in [0.1, 0.15) is 47.0 Å². The van der Waals surface area contributed by atoms with Gasteiger partial charge in [-0.05, 0) is 44.9 Å². The van der Waals surface area contributed by atoms with E-state index in [1.807, 2.05) is 19.1 Å². The van der Waals surface area contributed by atoms with E-state index in [0.717, 1.165) is 18.4 Å². The minimum absolute atomic E-state index is 0.309. The predicted molar refractivity (Wildman–Crippen MR) is 71.7 cm³/mol. The quantitative estimate of drug-likeness (QED) is 0.689. The highest BCUT2D eigenvalue weighted by Crippen LogP contribution is 2.26. The fraction of sp³-hybridized carbons (Fsp3) is 0.733. The molecule has 1 rings (SSSR count). The first kappa shape index (κ1) is 14.5. The zero-order valence-electron chi connectivity index (χ0n) is 11.5. The molecule has 1 aliphatic carbocycles. The molecule has 0 amide bonds. The van der Waals surface area contributed by atoms with Crippen molar-refractivity contribution in [2.75, 3.05) is 0 Å². The molecule has 0 aromatic heterocycles. The number of aliphatic hydroxyl groups excluding tert-OH is 2. The second-order valence-electron chi connectivity index (χ2n) is 5.73. The Hall–Kier alpha value is -0.600. The number of aliphatic hydroxyl groups is 2. The average Bonchev–Trinajstić information content (AvgIpc) is 2.14. The molecule has 17 heavy (non-hydrogen) atoms. The van der Waals surface area contributed by atoms with Crippen LogP contribution in [0.5, 0.6) is 0 Å². The lowest BCUT2D eigenvalue weighted by Crippen LogP contribution is -2.24. The van der Waals surface area contributed by atoms with Gasteiger partial charge in [0.05, 0.1) is 12.2 Å². The van der Waals surface area contributed by atoms with Gasteiger partial charge in [-0.25, -0.2) is 0 Å². The maximum atomic E-state index is 10.2. The summed E-state index contributed by atoms with van der Waals surface area (Å²) in [5, 5.41) is 20.1. The van der Waals surface area contributed by atoms with Gasteiger partial charge in [0, 0.05) is 0 Å². The molecule has 0 heterocycles. The van der Waals surface area contributed by atoms with E-state index < -0.39 is 6.10 Å². The average molecular weight is 238 g/mol. The number of allylic oxidation sites excluding steroid dienone is 1. The van der Waals surface area contributed by atoms with Crippen LogP contribution >= 0.6 is 0 Å². The second-order valence-corrected chi connectivity index (χ2v) is 5.73. The van der Waals surface area contributed by atoms with E-state index in [1.165, 1.54) is 5.57 Å². The molecule has 98 valence electrons. The van der Waals surface area contributed by atoms with E-state index >= 15 is 0 Å². The largest absolute Gasteiger partial charge is 0.389 e. The Morgan fingerprint density at radius 1 is 1.12 bits per heavy atom. The van der Waals surface area contributed by atoms with Gasteiger partial charge in [-0.3, -0.25) is 0 Å². The minimum Gasteiger partial charge on any atom is -0.389 e. The Balaban J connectivity index is 2.89. The monoisotopic (exact) mass is 238 g/mol. The molecule has 2 nitrogen and oxygen atoms in total. The number of rotatable bonds is 1. The smallest absolute Gasteiger partial charge is 0.0760 e. The Bertz CT molecular complexity index is 302. The molecule has 0 saturated carbocycles. The van der Waals surface area contributed by atoms with Gasteiger partial charge in [-0.1, -0.05) is 37.1 Å². The highest BCUT2D eigenvalue weighted by atomic mass is 16.3. The van der Waals surface area contributed by atoms with Crippen molar-refractivity contribution in [3.05, 3.63) is 23.3 Å². The molecular weight excluding hydrogens is 212 g/mol. The van der Waals surface area contributed by atoms with E-state index in [-0.39, 0.29) is 6.10 Å². The van der Waals surface area contributed by atoms with Gasteiger partial charge < -0.3 is 10.2 Å². The fourth-order valence-corrected chi connectivity index (χ4v) is 2.58. The van der Waals surface area contributed by atoms with Crippen LogP contribution < -0.4 is 0 Å². The Morgan fingerprint density at radius 2 is 1.76 bits per heavy atom. The molecule has 0 aromatic carbocycles. The molecule has 0 radical (unpaired) electrons. The summed E-state index contributed by atoms with van der Waals surface area (Å²) in [4.78, 5) is 0. The third kappa shape index (κ3) is 4.64. The van der Waals surface area contributed by atoms with Crippen molar-refractivity contribution in [2.45, 2.75) is 59.2 Å². The van der Waals surface area contributed by atoms with Gasteiger partial charge >= 0.3 is 0 Å². The van der Waals surface area contributed by atoms with E-state index in [0.29, 0.717) is 18.3 Å². The van der Waals surface area contributed by atoms with Gasteiger partial charge in [-0.15, -0.1) is 0 Å². The first-order valence-electron chi connectivity index (χ1n) is 6.61. The SMILES string of the molecule is CC1=C[C@H](O)C/C(C)=C/[C@H](O)[C@H](C(C)C)CC1. The number of hydrogen-bond donors (Lipinski definition) is 2. The van der Waals surface area contributed by atoms with Crippen molar-refractivity contribution < 1.29 is 10.2 Å². The van der Waals surface area contributed by atoms with Crippen molar-refractivity contribution in [1.29, 1.82) is 0 Å². The molecule has 0 unspecified atom stereocenters. The molecule has 2 N–H and O–H groups in total. The fourth-order valence-electron chi connectivity index (χ4n) is 2.58. The van der Waals surface area contributed by atoms with Gasteiger partial charge in [0.1, 0.15) is 0 Å². The minimum atomic E-state index is -0.408. The van der Waals surface area contributed by atoms with E-state index in [9.17, 15) is 10.2 Å². The van der Waals surface area contributed by atoms with Crippen molar-refractivity contribution in [3.8, 4) is 0 Å². The van der Waals surface area contributed by atoms with Crippen LogP contribution in [0, 0.1) is 11.8 Å². The molecule has 3 atom stereocenters. The van der Waals surface area contributed by atoms with E-state index in [2.05, 4.69) is 20.8 Å². The maximum absolute atomic E-state index is 10.2. The lowest BCUT2D eigenvalue weighted by atomic mass is 9.83. The molecule has 0 aromatic rings. The normalized spacial score (nSPS) is 35.1. The van der Waals surface area contributed by atoms with E-state index in [1.54, 1.807) is 0 Å². The van der Waals surface area contributed by atoms with E-state index in [4.69, 9.17) is 0 Å². The summed E-state index contributed by atoms with van der Waals surface area (Å²) in [6.45, 7) is 8.37. The van der Waals surface area contributed by atoms with Gasteiger partial charge in [0.2, 0.25) is 0 Å². The van der Waals surface area contributed by atoms with Crippen molar-refractivity contribution in [3.63, 3.8) is 0 Å². The first-order valence-corrected chi connectivity index (χ1v) is 6.61. The summed E-state index contributed by atoms with van der Waals surface area (Å²) in [7, 11) is 0. The van der Waals surface area contributed by atoms with Crippen molar-refractivity contribution >= 4 is 0 Å². The van der Waals surface area contributed by atoms with Crippen LogP contribution in [0.25, 0.3) is 0 Å². The molecule has 0 aliphatic heterocycles. The predicted octanol–water partition coefficient (Wildman–Crippen LogP) is 3.06. The summed E-state index contributed by atoms with van der Waals surface area (Å²) in [5.74, 6) is 0.787. The summed E-state index contributed by atoms with van der Waals surface area (Å²) in [6, 6.07) is 0. The molecule has 2 heteroatoms. The maximum Gasteiger partial charge on any atom is 0.0760 e. The van der Waals surface area contributed by atoms with Crippen molar-refractivity contribution in [1.82, 2.24) is 0 Å². The van der Waals surface area contributed by atoms with Gasteiger partial charge in [0.15, 0.2) is 0 Å². The van der Waals surface area contributed by atoms with Gasteiger partial charge in [-0.2, -0.15) is 0 Å². The Labute approximate surface area is 105 Å². The molecule has 1 aliphatic rings. The molecule has 0 spiro atoms. The number of hydrogen-bond acceptors (Lipinski definition) is 2. The molecule has 0 fully saturated rings. The summed E-state index contributed by atoms with van der Waals surface area (Å²) >= 11 is 0. The summed E-state index contributed by atoms with van der Waals surface area (Å²) < 4.78 is 0. The highest BCUT2D eigenvalue weighted by molar-refractivity contribution is 5.12. The zero-order valence-corrected chi connectivity index (χ0v) is 11.5. The lowest BCUT2D eigenvalue weighted by molar-refractivity contribution is 0.114. The highest BCUT2D eigenvalue weighted by Gasteiger charge is 2.22. The standard InChI is InChI=1S/C15H26O2/c1-10(2)14-6-5-11(3)7-13(16)8-12(4)9-15(14)17/h7,9-10,13-17H,5-6,8H2,1-4H3/b11-7?,12-9+/t13-,14-,15-/m0/s1. The van der Waals surface area contributed by atoms with Gasteiger partial charge in [0.25, 0.3) is 0 Å². The summed E-state index contributed by atoms with van der Waals surface area (Å²) in [6.07, 6.45) is 5.65.